The van der Waals surface area contributed by atoms with Crippen molar-refractivity contribution in [2.75, 3.05) is 20.2 Å². The Hall–Kier alpha value is -4.80. The number of thiazole rings is 1. The van der Waals surface area contributed by atoms with Crippen molar-refractivity contribution >= 4 is 44.5 Å². The minimum Gasteiger partial charge on any atom is -0.486 e. The first kappa shape index (κ1) is 27.4. The number of aromatic nitrogens is 4. The van der Waals surface area contributed by atoms with Crippen molar-refractivity contribution in [1.82, 2.24) is 24.5 Å². The van der Waals surface area contributed by atoms with E-state index in [9.17, 15) is 9.18 Å². The van der Waals surface area contributed by atoms with E-state index in [0.717, 1.165) is 10.6 Å². The van der Waals surface area contributed by atoms with Crippen molar-refractivity contribution in [3.63, 3.8) is 0 Å². The molecule has 0 saturated heterocycles. The number of halogens is 1. The number of carbonyl (C=O) groups excluding carboxylic acids is 1. The van der Waals surface area contributed by atoms with Crippen LogP contribution >= 0.6 is 22.7 Å². The summed E-state index contributed by atoms with van der Waals surface area (Å²) >= 11 is 2.74. The molecule has 0 aliphatic rings. The summed E-state index contributed by atoms with van der Waals surface area (Å²) in [5, 5.41) is 16.9. The number of fused-ring (bicyclic) bond motifs is 2. The van der Waals surface area contributed by atoms with Crippen molar-refractivity contribution in [2.24, 2.45) is 0 Å². The van der Waals surface area contributed by atoms with Crippen LogP contribution in [0.25, 0.3) is 38.0 Å². The fourth-order valence-electron chi connectivity index (χ4n) is 4.43. The lowest BCUT2D eigenvalue weighted by Crippen LogP contribution is -2.31. The van der Waals surface area contributed by atoms with E-state index >= 15 is 0 Å². The quantitative estimate of drug-likeness (QED) is 0.176. The first-order valence-electron chi connectivity index (χ1n) is 12.9. The van der Waals surface area contributed by atoms with Gasteiger partial charge < -0.3 is 18.8 Å². The molecule has 0 saturated carbocycles. The van der Waals surface area contributed by atoms with Gasteiger partial charge in [0.15, 0.2) is 5.76 Å². The van der Waals surface area contributed by atoms with Crippen LogP contribution in [-0.2, 0) is 6.61 Å². The minimum atomic E-state index is -0.491. The van der Waals surface area contributed by atoms with Crippen LogP contribution in [0, 0.1) is 17.1 Å². The fourth-order valence-corrected chi connectivity index (χ4v) is 5.93. The predicted octanol–water partition coefficient (Wildman–Crippen LogP) is 6.43. The van der Waals surface area contributed by atoms with Crippen LogP contribution in [0.3, 0.4) is 0 Å². The van der Waals surface area contributed by atoms with Crippen molar-refractivity contribution in [3.05, 3.63) is 71.1 Å². The van der Waals surface area contributed by atoms with Crippen molar-refractivity contribution < 1.29 is 23.1 Å². The number of imidazole rings is 1. The third-order valence-electron chi connectivity index (χ3n) is 6.53. The first-order chi connectivity index (χ1) is 20.5. The Kier molecular flexibility index (Phi) is 7.56. The highest BCUT2D eigenvalue weighted by Gasteiger charge is 2.19. The molecule has 1 amide bonds. The van der Waals surface area contributed by atoms with E-state index in [1.165, 1.54) is 41.9 Å². The van der Waals surface area contributed by atoms with Crippen LogP contribution < -0.4 is 9.47 Å². The van der Waals surface area contributed by atoms with E-state index in [4.69, 9.17) is 19.2 Å². The Morgan fingerprint density at radius 3 is 2.83 bits per heavy atom. The van der Waals surface area contributed by atoms with E-state index in [2.05, 4.69) is 21.1 Å². The summed E-state index contributed by atoms with van der Waals surface area (Å²) in [6.45, 7) is 2.94. The maximum Gasteiger partial charge on any atom is 0.294 e. The van der Waals surface area contributed by atoms with Gasteiger partial charge in [-0.25, -0.2) is 14.4 Å². The molecule has 0 fully saturated rings. The molecule has 0 unspecified atom stereocenters. The average molecular weight is 603 g/mol. The number of furan rings is 1. The second-order valence-electron chi connectivity index (χ2n) is 9.14. The molecule has 4 aromatic heterocycles. The largest absolute Gasteiger partial charge is 0.486 e. The van der Waals surface area contributed by atoms with Crippen LogP contribution in [0.4, 0.5) is 4.39 Å². The molecule has 0 N–H and O–H groups in total. The third kappa shape index (κ3) is 5.29. The number of hydrogen-bond donors (Lipinski definition) is 0. The lowest BCUT2D eigenvalue weighted by Gasteiger charge is -2.19. The van der Waals surface area contributed by atoms with E-state index in [1.54, 1.807) is 33.8 Å². The smallest absolute Gasteiger partial charge is 0.294 e. The summed E-state index contributed by atoms with van der Waals surface area (Å²) in [4.78, 5) is 24.1. The fraction of sp³-hybridized carbons (Fsp3) is 0.207. The van der Waals surface area contributed by atoms with Gasteiger partial charge in [-0.3, -0.25) is 4.79 Å². The maximum atomic E-state index is 14.5. The van der Waals surface area contributed by atoms with Crippen LogP contribution in [0.15, 0.2) is 58.5 Å². The molecule has 0 bridgehead atoms. The van der Waals surface area contributed by atoms with Crippen LogP contribution in [0.1, 0.15) is 29.4 Å². The molecule has 13 heteroatoms. The monoisotopic (exact) mass is 602 g/mol. The Bertz CT molecular complexity index is 1940. The molecule has 2 aromatic carbocycles. The molecule has 6 rings (SSSR count). The van der Waals surface area contributed by atoms with E-state index in [1.807, 2.05) is 24.4 Å². The van der Waals surface area contributed by atoms with Crippen LogP contribution in [-0.4, -0.2) is 50.6 Å². The van der Waals surface area contributed by atoms with Gasteiger partial charge in [0.25, 0.3) is 11.1 Å². The van der Waals surface area contributed by atoms with E-state index < -0.39 is 5.82 Å². The third-order valence-corrected chi connectivity index (χ3v) is 8.35. The number of carbonyl (C=O) groups is 1. The predicted molar refractivity (Wildman–Crippen MR) is 156 cm³/mol. The molecule has 4 heterocycles. The molecular formula is C29H23FN6O4S2. The number of amides is 1. The van der Waals surface area contributed by atoms with Crippen molar-refractivity contribution in [3.8, 4) is 39.0 Å². The van der Waals surface area contributed by atoms with Crippen LogP contribution in [0.5, 0.6) is 10.9 Å². The van der Waals surface area contributed by atoms with Gasteiger partial charge in [0.05, 0.1) is 36.9 Å². The summed E-state index contributed by atoms with van der Waals surface area (Å²) in [5.41, 5.74) is 3.03. The average Bonchev–Trinajstić information content (AvgIpc) is 3.79. The zero-order valence-corrected chi connectivity index (χ0v) is 24.2. The second kappa shape index (κ2) is 11.6. The number of benzene rings is 2. The number of nitrogens with zero attached hydrogens (tertiary/aromatic N) is 6. The lowest BCUT2D eigenvalue weighted by atomic mass is 10.1. The number of ether oxygens (including phenoxy) is 2. The summed E-state index contributed by atoms with van der Waals surface area (Å²) in [7, 11) is 1.54. The Labute approximate surface area is 247 Å². The lowest BCUT2D eigenvalue weighted by molar-refractivity contribution is 0.0768. The molecule has 0 aliphatic heterocycles. The van der Waals surface area contributed by atoms with Gasteiger partial charge in [0.2, 0.25) is 4.96 Å². The first-order valence-corrected chi connectivity index (χ1v) is 14.6. The summed E-state index contributed by atoms with van der Waals surface area (Å²) < 4.78 is 33.3. The topological polar surface area (TPSA) is 119 Å². The second-order valence-corrected chi connectivity index (χ2v) is 10.9. The number of hydrogen-bond acceptors (Lipinski definition) is 10. The van der Waals surface area contributed by atoms with E-state index in [-0.39, 0.29) is 12.5 Å². The number of rotatable bonds is 10. The summed E-state index contributed by atoms with van der Waals surface area (Å²) in [6, 6.07) is 13.7. The molecule has 0 spiro atoms. The standard InChI is InChI=1S/C29H23FN6O4S2/c1-3-35(10-4-9-31)27(37)18-7-5-17(6-8-18)26-33-20(16-41-26)15-39-23-11-19(30)12-24-21(23)13-25(40-24)22-14-32-28-36(22)34-29(38-2)42-28/h5-8,11-14,16H,3-4,10,15H2,1-2H3. The highest BCUT2D eigenvalue weighted by molar-refractivity contribution is 7.18. The summed E-state index contributed by atoms with van der Waals surface area (Å²) in [5.74, 6) is 0.187. The van der Waals surface area contributed by atoms with E-state index in [0.29, 0.717) is 69.1 Å². The van der Waals surface area contributed by atoms with Gasteiger partial charge in [-0.1, -0.05) is 12.1 Å². The van der Waals surface area contributed by atoms with Gasteiger partial charge in [0.1, 0.15) is 34.5 Å². The van der Waals surface area contributed by atoms with Crippen molar-refractivity contribution in [2.45, 2.75) is 20.0 Å². The Morgan fingerprint density at radius 1 is 1.24 bits per heavy atom. The van der Waals surface area contributed by atoms with Gasteiger partial charge in [-0.05, 0) is 36.5 Å². The minimum absolute atomic E-state index is 0.111. The molecule has 10 nitrogen and oxygen atoms in total. The zero-order valence-electron chi connectivity index (χ0n) is 22.5. The zero-order chi connectivity index (χ0) is 29.2. The molecule has 0 atom stereocenters. The van der Waals surface area contributed by atoms with Crippen LogP contribution in [0.2, 0.25) is 0 Å². The molecule has 0 aliphatic carbocycles. The maximum absolute atomic E-state index is 14.5. The molecule has 212 valence electrons. The number of nitriles is 1. The number of methoxy groups -OCH3 is 1. The molecule has 6 aromatic rings. The van der Waals surface area contributed by atoms with Crippen molar-refractivity contribution in [1.29, 1.82) is 5.26 Å². The Morgan fingerprint density at radius 2 is 2.07 bits per heavy atom. The van der Waals surface area contributed by atoms with Gasteiger partial charge in [-0.2, -0.15) is 9.78 Å². The highest BCUT2D eigenvalue weighted by atomic mass is 32.1. The highest BCUT2D eigenvalue weighted by Crippen LogP contribution is 2.36. The Balaban J connectivity index is 1.18. The van der Waals surface area contributed by atoms with Gasteiger partial charge in [-0.15, -0.1) is 16.4 Å². The molecular weight excluding hydrogens is 579 g/mol. The normalized spacial score (nSPS) is 11.2. The van der Waals surface area contributed by atoms with Gasteiger partial charge >= 0.3 is 0 Å². The van der Waals surface area contributed by atoms with Gasteiger partial charge in [0, 0.05) is 41.7 Å². The molecule has 0 radical (unpaired) electrons. The molecule has 42 heavy (non-hydrogen) atoms. The SMILES string of the molecule is CCN(CCC#N)C(=O)c1ccc(-c2nc(COc3cc(F)cc4oc(-c5cnc6sc(OC)nn56)cc34)cs2)cc1. The summed E-state index contributed by atoms with van der Waals surface area (Å²) in [6.07, 6.45) is 1.93.